The van der Waals surface area contributed by atoms with Crippen molar-refractivity contribution in [3.63, 3.8) is 0 Å². The zero-order valence-corrected chi connectivity index (χ0v) is 12.0. The summed E-state index contributed by atoms with van der Waals surface area (Å²) in [5.41, 5.74) is 0.328. The number of hydrogen-bond donors (Lipinski definition) is 1. The SMILES string of the molecule is FC(F)(F)c1ccc(N2CCCC(CNC3CC3)C2)cc1. The number of alkyl halides is 3. The molecule has 5 heteroatoms. The van der Waals surface area contributed by atoms with E-state index >= 15 is 0 Å². The fourth-order valence-electron chi connectivity index (χ4n) is 2.95. The van der Waals surface area contributed by atoms with E-state index in [1.54, 1.807) is 12.1 Å². The van der Waals surface area contributed by atoms with E-state index in [1.807, 2.05) is 0 Å². The highest BCUT2D eigenvalue weighted by Gasteiger charge is 2.30. The highest BCUT2D eigenvalue weighted by atomic mass is 19.4. The van der Waals surface area contributed by atoms with Crippen LogP contribution in [0.3, 0.4) is 0 Å². The molecule has 1 unspecified atom stereocenters. The van der Waals surface area contributed by atoms with Crippen molar-refractivity contribution in [3.8, 4) is 0 Å². The first-order chi connectivity index (χ1) is 10.0. The fraction of sp³-hybridized carbons (Fsp3) is 0.625. The largest absolute Gasteiger partial charge is 0.416 e. The normalized spacial score (nSPS) is 23.4. The zero-order valence-electron chi connectivity index (χ0n) is 12.0. The van der Waals surface area contributed by atoms with Crippen molar-refractivity contribution < 1.29 is 13.2 Å². The topological polar surface area (TPSA) is 15.3 Å². The highest BCUT2D eigenvalue weighted by Crippen LogP contribution is 2.31. The summed E-state index contributed by atoms with van der Waals surface area (Å²) in [4.78, 5) is 2.21. The van der Waals surface area contributed by atoms with Crippen LogP contribution in [0.15, 0.2) is 24.3 Å². The Balaban J connectivity index is 1.59. The van der Waals surface area contributed by atoms with Crippen LogP contribution in [0.2, 0.25) is 0 Å². The number of nitrogens with zero attached hydrogens (tertiary/aromatic N) is 1. The first-order valence-electron chi connectivity index (χ1n) is 7.68. The smallest absolute Gasteiger partial charge is 0.371 e. The summed E-state index contributed by atoms with van der Waals surface area (Å²) >= 11 is 0. The Morgan fingerprint density at radius 3 is 2.43 bits per heavy atom. The lowest BCUT2D eigenvalue weighted by Gasteiger charge is -2.34. The third-order valence-electron chi connectivity index (χ3n) is 4.35. The second-order valence-corrected chi connectivity index (χ2v) is 6.18. The Bertz CT molecular complexity index is 465. The standard InChI is InChI=1S/C16H21F3N2/c17-16(18,19)13-3-7-15(8-4-13)21-9-1-2-12(11-21)10-20-14-5-6-14/h3-4,7-8,12,14,20H,1-2,5-6,9-11H2. The average Bonchev–Trinajstić information content (AvgIpc) is 3.29. The van der Waals surface area contributed by atoms with Crippen molar-refractivity contribution in [3.05, 3.63) is 29.8 Å². The summed E-state index contributed by atoms with van der Waals surface area (Å²) in [6.45, 7) is 2.90. The Labute approximate surface area is 123 Å². The van der Waals surface area contributed by atoms with Crippen molar-refractivity contribution in [2.45, 2.75) is 37.9 Å². The molecule has 2 aliphatic rings. The van der Waals surface area contributed by atoms with Gasteiger partial charge in [0.05, 0.1) is 5.56 Å². The van der Waals surface area contributed by atoms with Gasteiger partial charge in [0.25, 0.3) is 0 Å². The number of benzene rings is 1. The third-order valence-corrected chi connectivity index (χ3v) is 4.35. The maximum Gasteiger partial charge on any atom is 0.416 e. The number of hydrogen-bond acceptors (Lipinski definition) is 2. The molecule has 21 heavy (non-hydrogen) atoms. The van der Waals surface area contributed by atoms with E-state index in [-0.39, 0.29) is 0 Å². The number of rotatable bonds is 4. The van der Waals surface area contributed by atoms with Gasteiger partial charge in [-0.3, -0.25) is 0 Å². The van der Waals surface area contributed by atoms with Gasteiger partial charge in [0.1, 0.15) is 0 Å². The maximum atomic E-state index is 12.6. The molecule has 1 aromatic carbocycles. The molecular formula is C16H21F3N2. The van der Waals surface area contributed by atoms with Gasteiger partial charge in [-0.25, -0.2) is 0 Å². The van der Waals surface area contributed by atoms with Crippen LogP contribution in [0.4, 0.5) is 18.9 Å². The number of nitrogens with one attached hydrogen (secondary N) is 1. The molecule has 1 N–H and O–H groups in total. The Hall–Kier alpha value is -1.23. The van der Waals surface area contributed by atoms with Gasteiger partial charge < -0.3 is 10.2 Å². The summed E-state index contributed by atoms with van der Waals surface area (Å²) in [5, 5.41) is 3.55. The second-order valence-electron chi connectivity index (χ2n) is 6.18. The van der Waals surface area contributed by atoms with Crippen LogP contribution in [0, 0.1) is 5.92 Å². The van der Waals surface area contributed by atoms with Crippen LogP contribution in [-0.4, -0.2) is 25.7 Å². The van der Waals surface area contributed by atoms with Crippen molar-refractivity contribution in [1.29, 1.82) is 0 Å². The van der Waals surface area contributed by atoms with Gasteiger partial charge >= 0.3 is 6.18 Å². The predicted molar refractivity (Wildman–Crippen MR) is 77.4 cm³/mol. The lowest BCUT2D eigenvalue weighted by atomic mass is 9.97. The van der Waals surface area contributed by atoms with Gasteiger partial charge in [-0.1, -0.05) is 0 Å². The molecule has 116 valence electrons. The molecule has 3 rings (SSSR count). The fourth-order valence-corrected chi connectivity index (χ4v) is 2.95. The van der Waals surface area contributed by atoms with Crippen LogP contribution < -0.4 is 10.2 Å². The summed E-state index contributed by atoms with van der Waals surface area (Å²) < 4.78 is 37.8. The van der Waals surface area contributed by atoms with Gasteiger partial charge in [0.15, 0.2) is 0 Å². The quantitative estimate of drug-likeness (QED) is 0.912. The third kappa shape index (κ3) is 3.90. The Morgan fingerprint density at radius 1 is 1.10 bits per heavy atom. The first kappa shape index (κ1) is 14.7. The molecule has 2 fully saturated rings. The molecule has 0 radical (unpaired) electrons. The summed E-state index contributed by atoms with van der Waals surface area (Å²) in [7, 11) is 0. The molecule has 1 atom stereocenters. The number of piperidine rings is 1. The van der Waals surface area contributed by atoms with Crippen LogP contribution in [0.25, 0.3) is 0 Å². The molecule has 1 aliphatic carbocycles. The Morgan fingerprint density at radius 2 is 1.81 bits per heavy atom. The maximum absolute atomic E-state index is 12.6. The summed E-state index contributed by atoms with van der Waals surface area (Å²) in [5.74, 6) is 0.599. The first-order valence-corrected chi connectivity index (χ1v) is 7.68. The summed E-state index contributed by atoms with van der Waals surface area (Å²) in [6.07, 6.45) is 0.636. The minimum Gasteiger partial charge on any atom is -0.371 e. The van der Waals surface area contributed by atoms with Gasteiger partial charge in [-0.15, -0.1) is 0 Å². The van der Waals surface area contributed by atoms with Gasteiger partial charge in [0.2, 0.25) is 0 Å². The van der Waals surface area contributed by atoms with Crippen molar-refractivity contribution >= 4 is 5.69 Å². The van der Waals surface area contributed by atoms with Crippen LogP contribution in [0.1, 0.15) is 31.2 Å². The van der Waals surface area contributed by atoms with E-state index < -0.39 is 11.7 Å². The minimum atomic E-state index is -4.25. The lowest BCUT2D eigenvalue weighted by Crippen LogP contribution is -2.40. The van der Waals surface area contributed by atoms with E-state index in [0.29, 0.717) is 12.0 Å². The summed E-state index contributed by atoms with van der Waals surface area (Å²) in [6, 6.07) is 6.27. The molecule has 1 aromatic rings. The van der Waals surface area contributed by atoms with Crippen molar-refractivity contribution in [2.24, 2.45) is 5.92 Å². The van der Waals surface area contributed by atoms with Gasteiger partial charge in [0, 0.05) is 24.8 Å². The number of halogens is 3. The van der Waals surface area contributed by atoms with Crippen molar-refractivity contribution in [1.82, 2.24) is 5.32 Å². The second kappa shape index (κ2) is 5.87. The minimum absolute atomic E-state index is 0.574. The molecule has 2 nitrogen and oxygen atoms in total. The van der Waals surface area contributed by atoms with E-state index in [0.717, 1.165) is 31.7 Å². The molecule has 1 saturated carbocycles. The Kier molecular flexibility index (Phi) is 4.11. The van der Waals surface area contributed by atoms with E-state index in [2.05, 4.69) is 10.2 Å². The molecule has 1 aliphatic heterocycles. The molecule has 0 amide bonds. The van der Waals surface area contributed by atoms with E-state index in [9.17, 15) is 13.2 Å². The molecule has 0 bridgehead atoms. The average molecular weight is 298 g/mol. The van der Waals surface area contributed by atoms with Crippen LogP contribution in [-0.2, 0) is 6.18 Å². The van der Waals surface area contributed by atoms with Crippen LogP contribution >= 0.6 is 0 Å². The number of anilines is 1. The molecular weight excluding hydrogens is 277 g/mol. The molecule has 0 spiro atoms. The highest BCUT2D eigenvalue weighted by molar-refractivity contribution is 5.48. The van der Waals surface area contributed by atoms with Gasteiger partial charge in [-0.2, -0.15) is 13.2 Å². The molecule has 1 saturated heterocycles. The zero-order chi connectivity index (χ0) is 14.9. The molecule has 1 heterocycles. The monoisotopic (exact) mass is 298 g/mol. The van der Waals surface area contributed by atoms with Gasteiger partial charge in [-0.05, 0) is 62.4 Å². The van der Waals surface area contributed by atoms with Crippen LogP contribution in [0.5, 0.6) is 0 Å². The predicted octanol–water partition coefficient (Wildman–Crippen LogP) is 3.67. The molecule has 0 aromatic heterocycles. The van der Waals surface area contributed by atoms with E-state index in [4.69, 9.17) is 0 Å². The van der Waals surface area contributed by atoms with Crippen molar-refractivity contribution in [2.75, 3.05) is 24.5 Å². The van der Waals surface area contributed by atoms with E-state index in [1.165, 1.54) is 31.4 Å². The lowest BCUT2D eigenvalue weighted by molar-refractivity contribution is -0.137.